The summed E-state index contributed by atoms with van der Waals surface area (Å²) in [5.41, 5.74) is 0. The van der Waals surface area contributed by atoms with E-state index in [1.165, 1.54) is 6.92 Å². The van der Waals surface area contributed by atoms with Crippen LogP contribution < -0.4 is 5.32 Å². The molecule has 0 aliphatic carbocycles. The molecule has 1 N–H and O–H groups in total. The maximum absolute atomic E-state index is 10.5. The molecule has 0 aromatic rings. The van der Waals surface area contributed by atoms with Crippen LogP contribution in [0.25, 0.3) is 0 Å². The Labute approximate surface area is 98.0 Å². The lowest BCUT2D eigenvalue weighted by atomic mass is 10.2. The van der Waals surface area contributed by atoms with E-state index in [1.807, 2.05) is 0 Å². The summed E-state index contributed by atoms with van der Waals surface area (Å²) in [6, 6.07) is 0. The zero-order valence-corrected chi connectivity index (χ0v) is 10.3. The van der Waals surface area contributed by atoms with Crippen molar-refractivity contribution in [3.8, 4) is 0 Å². The van der Waals surface area contributed by atoms with Crippen LogP contribution in [0.4, 0.5) is 0 Å². The number of amides is 1. The minimum Gasteiger partial charge on any atom is -0.359 e. The van der Waals surface area contributed by atoms with Crippen molar-refractivity contribution in [2.75, 3.05) is 27.1 Å². The molecule has 0 saturated heterocycles. The zero-order chi connectivity index (χ0) is 12.1. The van der Waals surface area contributed by atoms with Crippen molar-refractivity contribution in [3.63, 3.8) is 0 Å². The van der Waals surface area contributed by atoms with E-state index in [-0.39, 0.29) is 5.91 Å². The smallest absolute Gasteiger partial charge is 0.216 e. The fourth-order valence-corrected chi connectivity index (χ4v) is 1.18. The van der Waals surface area contributed by atoms with E-state index in [1.54, 1.807) is 7.11 Å². The first-order valence-electron chi connectivity index (χ1n) is 5.73. The number of carbonyl (C=O) groups is 1. The summed E-state index contributed by atoms with van der Waals surface area (Å²) in [5, 5.41) is 2.75. The highest BCUT2D eigenvalue weighted by atomic mass is 16.7. The molecule has 0 unspecified atom stereocenters. The Hall–Kier alpha value is -0.870. The molecule has 0 aromatic heterocycles. The number of hydrogen-bond acceptors (Lipinski definition) is 3. The van der Waals surface area contributed by atoms with E-state index in [2.05, 4.69) is 17.5 Å². The second kappa shape index (κ2) is 12.2. The van der Waals surface area contributed by atoms with Crippen molar-refractivity contribution in [3.05, 3.63) is 12.2 Å². The summed E-state index contributed by atoms with van der Waals surface area (Å²) in [7, 11) is 1.62. The van der Waals surface area contributed by atoms with E-state index < -0.39 is 0 Å². The predicted octanol–water partition coefficient (Wildman–Crippen LogP) is 1.86. The second-order valence-electron chi connectivity index (χ2n) is 3.55. The number of carbonyl (C=O) groups excluding carboxylic acids is 1. The van der Waals surface area contributed by atoms with Crippen LogP contribution >= 0.6 is 0 Å². The largest absolute Gasteiger partial charge is 0.359 e. The van der Waals surface area contributed by atoms with Crippen molar-refractivity contribution in [2.45, 2.75) is 32.6 Å². The number of ether oxygens (including phenoxy) is 2. The third-order valence-corrected chi connectivity index (χ3v) is 1.96. The monoisotopic (exact) mass is 229 g/mol. The number of nitrogens with one attached hydrogen (secondary N) is 1. The number of hydrogen-bond donors (Lipinski definition) is 1. The third kappa shape index (κ3) is 13.1. The van der Waals surface area contributed by atoms with Crippen LogP contribution in [0.5, 0.6) is 0 Å². The molecular formula is C12H23NO3. The molecule has 0 rings (SSSR count). The molecule has 0 aliphatic heterocycles. The number of allylic oxidation sites excluding steroid dienone is 1. The van der Waals surface area contributed by atoms with Crippen molar-refractivity contribution < 1.29 is 14.3 Å². The van der Waals surface area contributed by atoms with Crippen molar-refractivity contribution in [2.24, 2.45) is 0 Å². The van der Waals surface area contributed by atoms with E-state index in [0.29, 0.717) is 6.79 Å². The first-order chi connectivity index (χ1) is 7.77. The highest BCUT2D eigenvalue weighted by Gasteiger charge is 1.88. The second-order valence-corrected chi connectivity index (χ2v) is 3.55. The Morgan fingerprint density at radius 3 is 2.69 bits per heavy atom. The summed E-state index contributed by atoms with van der Waals surface area (Å²) in [6.07, 6.45) is 8.40. The van der Waals surface area contributed by atoms with E-state index in [9.17, 15) is 4.79 Å². The normalized spacial score (nSPS) is 10.9. The molecule has 0 aliphatic rings. The van der Waals surface area contributed by atoms with Gasteiger partial charge in [-0.1, -0.05) is 12.2 Å². The molecular weight excluding hydrogens is 206 g/mol. The standard InChI is InChI=1S/C12H23NO3/c1-12(14)13-9-7-5-3-4-6-8-10-16-11-15-2/h3,5H,4,6-11H2,1-2H3,(H,13,14)/b5-3+. The molecule has 4 heteroatoms. The van der Waals surface area contributed by atoms with Gasteiger partial charge < -0.3 is 14.8 Å². The molecule has 0 aromatic carbocycles. The fraction of sp³-hybridized carbons (Fsp3) is 0.750. The average Bonchev–Trinajstić information content (AvgIpc) is 2.25. The van der Waals surface area contributed by atoms with Crippen LogP contribution in [-0.4, -0.2) is 33.0 Å². The molecule has 1 amide bonds. The van der Waals surface area contributed by atoms with Crippen LogP contribution in [0.2, 0.25) is 0 Å². The van der Waals surface area contributed by atoms with Crippen LogP contribution in [0.1, 0.15) is 32.6 Å². The minimum atomic E-state index is 0.0312. The summed E-state index contributed by atoms with van der Waals surface area (Å²) < 4.78 is 9.92. The van der Waals surface area contributed by atoms with Gasteiger partial charge >= 0.3 is 0 Å². The lowest BCUT2D eigenvalue weighted by Gasteiger charge is -2.00. The summed E-state index contributed by atoms with van der Waals surface area (Å²) in [6.45, 7) is 3.40. The number of unbranched alkanes of at least 4 members (excludes halogenated alkanes) is 2. The molecule has 94 valence electrons. The molecule has 0 atom stereocenters. The maximum atomic E-state index is 10.5. The summed E-state index contributed by atoms with van der Waals surface area (Å²) >= 11 is 0. The Bertz CT molecular complexity index is 193. The quantitative estimate of drug-likeness (QED) is 0.353. The first kappa shape index (κ1) is 15.1. The van der Waals surface area contributed by atoms with E-state index in [4.69, 9.17) is 9.47 Å². The van der Waals surface area contributed by atoms with E-state index >= 15 is 0 Å². The summed E-state index contributed by atoms with van der Waals surface area (Å²) in [4.78, 5) is 10.5. The molecule has 0 fully saturated rings. The average molecular weight is 229 g/mol. The van der Waals surface area contributed by atoms with Crippen molar-refractivity contribution in [1.82, 2.24) is 5.32 Å². The van der Waals surface area contributed by atoms with Gasteiger partial charge in [-0.25, -0.2) is 0 Å². The van der Waals surface area contributed by atoms with Gasteiger partial charge in [0.15, 0.2) is 0 Å². The molecule has 0 heterocycles. The molecule has 0 saturated carbocycles. The Balaban J connectivity index is 3.06. The molecule has 16 heavy (non-hydrogen) atoms. The van der Waals surface area contributed by atoms with Crippen molar-refractivity contribution in [1.29, 1.82) is 0 Å². The van der Waals surface area contributed by atoms with Gasteiger partial charge in [0.2, 0.25) is 5.91 Å². The Morgan fingerprint density at radius 2 is 2.00 bits per heavy atom. The van der Waals surface area contributed by atoms with Gasteiger partial charge in [-0.3, -0.25) is 4.79 Å². The molecule has 0 spiro atoms. The first-order valence-corrected chi connectivity index (χ1v) is 5.73. The van der Waals surface area contributed by atoms with Gasteiger partial charge in [0.05, 0.1) is 0 Å². The third-order valence-electron chi connectivity index (χ3n) is 1.96. The Kier molecular flexibility index (Phi) is 11.5. The lowest BCUT2D eigenvalue weighted by Crippen LogP contribution is -2.20. The zero-order valence-electron chi connectivity index (χ0n) is 10.3. The molecule has 4 nitrogen and oxygen atoms in total. The van der Waals surface area contributed by atoms with E-state index in [0.717, 1.165) is 38.8 Å². The topological polar surface area (TPSA) is 47.6 Å². The van der Waals surface area contributed by atoms with Crippen LogP contribution in [0.15, 0.2) is 12.2 Å². The number of methoxy groups -OCH3 is 1. The maximum Gasteiger partial charge on any atom is 0.216 e. The Morgan fingerprint density at radius 1 is 1.25 bits per heavy atom. The number of rotatable bonds is 10. The fourth-order valence-electron chi connectivity index (χ4n) is 1.18. The van der Waals surface area contributed by atoms with Gasteiger partial charge in [0.1, 0.15) is 6.79 Å². The SMILES string of the molecule is COCOCCCC/C=C/CCNC(C)=O. The van der Waals surface area contributed by atoms with Crippen LogP contribution in [0.3, 0.4) is 0 Å². The van der Waals surface area contributed by atoms with Gasteiger partial charge in [0.25, 0.3) is 0 Å². The van der Waals surface area contributed by atoms with Gasteiger partial charge in [-0.15, -0.1) is 0 Å². The predicted molar refractivity (Wildman–Crippen MR) is 64.1 cm³/mol. The molecule has 0 radical (unpaired) electrons. The van der Waals surface area contributed by atoms with Gasteiger partial charge in [-0.05, 0) is 25.7 Å². The van der Waals surface area contributed by atoms with Crippen LogP contribution in [-0.2, 0) is 14.3 Å². The van der Waals surface area contributed by atoms with Gasteiger partial charge in [0, 0.05) is 27.2 Å². The molecule has 0 bridgehead atoms. The lowest BCUT2D eigenvalue weighted by molar-refractivity contribution is -0.118. The highest BCUT2D eigenvalue weighted by molar-refractivity contribution is 5.72. The van der Waals surface area contributed by atoms with Gasteiger partial charge in [-0.2, -0.15) is 0 Å². The minimum absolute atomic E-state index is 0.0312. The van der Waals surface area contributed by atoms with Crippen molar-refractivity contribution >= 4 is 5.91 Å². The van der Waals surface area contributed by atoms with Crippen LogP contribution in [0, 0.1) is 0 Å². The summed E-state index contributed by atoms with van der Waals surface area (Å²) in [5.74, 6) is 0.0312. The highest BCUT2D eigenvalue weighted by Crippen LogP contribution is 1.98.